The SMILES string of the molecule is COc1cccc(OC2CCC(NC(=O)c3ccc4c(c3)ncn4C)CC2)c1OC. The molecule has 2 aromatic carbocycles. The predicted octanol–water partition coefficient (Wildman–Crippen LogP) is 3.71. The van der Waals surface area contributed by atoms with Crippen molar-refractivity contribution in [1.82, 2.24) is 14.9 Å². The molecule has 30 heavy (non-hydrogen) atoms. The summed E-state index contributed by atoms with van der Waals surface area (Å²) >= 11 is 0. The molecule has 1 aromatic heterocycles. The lowest BCUT2D eigenvalue weighted by Gasteiger charge is -2.30. The minimum Gasteiger partial charge on any atom is -0.493 e. The standard InChI is InChI=1S/C23H27N3O4/c1-26-14-24-18-13-15(7-12-19(18)26)23(27)25-16-8-10-17(11-9-16)30-21-6-4-5-20(28-2)22(21)29-3/h4-7,12-14,16-17H,8-11H2,1-3H3,(H,25,27). The van der Waals surface area contributed by atoms with Gasteiger partial charge in [-0.1, -0.05) is 6.07 Å². The van der Waals surface area contributed by atoms with Crippen molar-refractivity contribution >= 4 is 16.9 Å². The molecule has 0 radical (unpaired) electrons. The maximum atomic E-state index is 12.7. The predicted molar refractivity (Wildman–Crippen MR) is 114 cm³/mol. The Kier molecular flexibility index (Phi) is 5.79. The Balaban J connectivity index is 1.34. The third-order valence-corrected chi connectivity index (χ3v) is 5.66. The van der Waals surface area contributed by atoms with Crippen molar-refractivity contribution < 1.29 is 19.0 Å². The van der Waals surface area contributed by atoms with E-state index in [9.17, 15) is 4.79 Å². The summed E-state index contributed by atoms with van der Waals surface area (Å²) in [5.74, 6) is 1.90. The Morgan fingerprint density at radius 1 is 1.07 bits per heavy atom. The van der Waals surface area contributed by atoms with Crippen molar-refractivity contribution in [2.75, 3.05) is 14.2 Å². The number of rotatable bonds is 6. The quantitative estimate of drug-likeness (QED) is 0.672. The summed E-state index contributed by atoms with van der Waals surface area (Å²) in [6.45, 7) is 0. The molecular weight excluding hydrogens is 382 g/mol. The van der Waals surface area contributed by atoms with Gasteiger partial charge in [0, 0.05) is 18.7 Å². The molecule has 0 bridgehead atoms. The van der Waals surface area contributed by atoms with E-state index in [0.29, 0.717) is 22.8 Å². The van der Waals surface area contributed by atoms with Crippen LogP contribution in [0.5, 0.6) is 17.2 Å². The van der Waals surface area contributed by atoms with E-state index in [1.54, 1.807) is 20.5 Å². The molecule has 7 nitrogen and oxygen atoms in total. The number of aromatic nitrogens is 2. The summed E-state index contributed by atoms with van der Waals surface area (Å²) in [6, 6.07) is 11.4. The lowest BCUT2D eigenvalue weighted by Crippen LogP contribution is -2.39. The molecule has 1 saturated carbocycles. The van der Waals surface area contributed by atoms with Crippen LogP contribution in [0.2, 0.25) is 0 Å². The number of nitrogens with one attached hydrogen (secondary N) is 1. The Labute approximate surface area is 176 Å². The molecule has 0 saturated heterocycles. The maximum absolute atomic E-state index is 12.7. The van der Waals surface area contributed by atoms with Gasteiger partial charge in [-0.05, 0) is 56.0 Å². The minimum atomic E-state index is -0.0543. The van der Waals surface area contributed by atoms with Crippen molar-refractivity contribution in [3.05, 3.63) is 48.3 Å². The van der Waals surface area contributed by atoms with Crippen LogP contribution in [0.3, 0.4) is 0 Å². The zero-order valence-electron chi connectivity index (χ0n) is 17.6. The number of hydrogen-bond acceptors (Lipinski definition) is 5. The normalized spacial score (nSPS) is 18.8. The molecule has 1 fully saturated rings. The summed E-state index contributed by atoms with van der Waals surface area (Å²) < 4.78 is 18.9. The van der Waals surface area contributed by atoms with Crippen LogP contribution < -0.4 is 19.5 Å². The number of amides is 1. The first-order chi connectivity index (χ1) is 14.6. The summed E-state index contributed by atoms with van der Waals surface area (Å²) in [6.07, 6.45) is 5.31. The fraction of sp³-hybridized carbons (Fsp3) is 0.391. The molecule has 1 heterocycles. The number of imidazole rings is 1. The highest BCUT2D eigenvalue weighted by Crippen LogP contribution is 2.38. The van der Waals surface area contributed by atoms with Gasteiger partial charge in [0.2, 0.25) is 5.75 Å². The molecule has 0 unspecified atom stereocenters. The summed E-state index contributed by atoms with van der Waals surface area (Å²) in [7, 11) is 5.16. The van der Waals surface area contributed by atoms with Crippen molar-refractivity contribution in [2.24, 2.45) is 7.05 Å². The van der Waals surface area contributed by atoms with Crippen LogP contribution in [0.1, 0.15) is 36.0 Å². The zero-order chi connectivity index (χ0) is 21.1. The molecule has 0 aliphatic heterocycles. The van der Waals surface area contributed by atoms with Crippen LogP contribution in [0.4, 0.5) is 0 Å². The molecule has 0 spiro atoms. The molecule has 1 aliphatic rings. The second-order valence-electron chi connectivity index (χ2n) is 7.62. The zero-order valence-corrected chi connectivity index (χ0v) is 17.6. The van der Waals surface area contributed by atoms with Crippen molar-refractivity contribution in [2.45, 2.75) is 37.8 Å². The van der Waals surface area contributed by atoms with Gasteiger partial charge >= 0.3 is 0 Å². The number of aryl methyl sites for hydroxylation is 1. The summed E-state index contributed by atoms with van der Waals surface area (Å²) in [5, 5.41) is 3.16. The molecule has 3 aromatic rings. The Morgan fingerprint density at radius 2 is 1.83 bits per heavy atom. The Bertz CT molecular complexity index is 1040. The monoisotopic (exact) mass is 409 g/mol. The van der Waals surface area contributed by atoms with E-state index < -0.39 is 0 Å². The second kappa shape index (κ2) is 8.65. The molecule has 1 aliphatic carbocycles. The molecule has 158 valence electrons. The number of carbonyl (C=O) groups is 1. The molecule has 7 heteroatoms. The molecule has 1 amide bonds. The van der Waals surface area contributed by atoms with Crippen molar-refractivity contribution in [3.8, 4) is 17.2 Å². The minimum absolute atomic E-state index is 0.0543. The van der Waals surface area contributed by atoms with Crippen LogP contribution in [0.25, 0.3) is 11.0 Å². The number of hydrogen-bond donors (Lipinski definition) is 1. The first-order valence-electron chi connectivity index (χ1n) is 10.2. The lowest BCUT2D eigenvalue weighted by molar-refractivity contribution is 0.0891. The molecule has 1 N–H and O–H groups in total. The average molecular weight is 409 g/mol. The van der Waals surface area contributed by atoms with Gasteiger partial charge in [0.25, 0.3) is 5.91 Å². The number of carbonyl (C=O) groups excluding carboxylic acids is 1. The van der Waals surface area contributed by atoms with Gasteiger partial charge in [0.1, 0.15) is 0 Å². The van der Waals surface area contributed by atoms with Gasteiger partial charge < -0.3 is 24.1 Å². The van der Waals surface area contributed by atoms with E-state index in [4.69, 9.17) is 14.2 Å². The van der Waals surface area contributed by atoms with E-state index in [1.807, 2.05) is 48.0 Å². The lowest BCUT2D eigenvalue weighted by atomic mass is 9.92. The smallest absolute Gasteiger partial charge is 0.251 e. The van der Waals surface area contributed by atoms with Gasteiger partial charge in [-0.3, -0.25) is 4.79 Å². The van der Waals surface area contributed by atoms with Crippen molar-refractivity contribution in [3.63, 3.8) is 0 Å². The van der Waals surface area contributed by atoms with Gasteiger partial charge in [-0.25, -0.2) is 4.98 Å². The fourth-order valence-corrected chi connectivity index (χ4v) is 4.00. The highest BCUT2D eigenvalue weighted by atomic mass is 16.5. The number of fused-ring (bicyclic) bond motifs is 1. The fourth-order valence-electron chi connectivity index (χ4n) is 4.00. The Hall–Kier alpha value is -3.22. The number of nitrogens with zero attached hydrogens (tertiary/aromatic N) is 2. The van der Waals surface area contributed by atoms with E-state index in [0.717, 1.165) is 36.7 Å². The van der Waals surface area contributed by atoms with Crippen LogP contribution in [-0.4, -0.2) is 41.8 Å². The third kappa shape index (κ3) is 4.06. The van der Waals surface area contributed by atoms with E-state index >= 15 is 0 Å². The van der Waals surface area contributed by atoms with Crippen LogP contribution in [0, 0.1) is 0 Å². The largest absolute Gasteiger partial charge is 0.493 e. The maximum Gasteiger partial charge on any atom is 0.251 e. The molecule has 4 rings (SSSR count). The second-order valence-corrected chi connectivity index (χ2v) is 7.62. The van der Waals surface area contributed by atoms with Gasteiger partial charge in [-0.15, -0.1) is 0 Å². The summed E-state index contributed by atoms with van der Waals surface area (Å²) in [5.41, 5.74) is 2.48. The van der Waals surface area contributed by atoms with E-state index in [2.05, 4.69) is 10.3 Å². The highest BCUT2D eigenvalue weighted by Gasteiger charge is 2.25. The Morgan fingerprint density at radius 3 is 2.57 bits per heavy atom. The van der Waals surface area contributed by atoms with Crippen molar-refractivity contribution in [1.29, 1.82) is 0 Å². The molecule has 0 atom stereocenters. The first kappa shape index (κ1) is 20.1. The number of methoxy groups -OCH3 is 2. The first-order valence-corrected chi connectivity index (χ1v) is 10.2. The van der Waals surface area contributed by atoms with Crippen LogP contribution in [0.15, 0.2) is 42.7 Å². The molecular formula is C23H27N3O4. The van der Waals surface area contributed by atoms with Gasteiger partial charge in [0.15, 0.2) is 11.5 Å². The average Bonchev–Trinajstić information content (AvgIpc) is 3.15. The van der Waals surface area contributed by atoms with Gasteiger partial charge in [0.05, 0.1) is 37.7 Å². The number of ether oxygens (including phenoxy) is 3. The topological polar surface area (TPSA) is 74.6 Å². The van der Waals surface area contributed by atoms with E-state index in [-0.39, 0.29) is 18.1 Å². The van der Waals surface area contributed by atoms with Crippen LogP contribution >= 0.6 is 0 Å². The van der Waals surface area contributed by atoms with E-state index in [1.165, 1.54) is 0 Å². The number of benzene rings is 2. The third-order valence-electron chi connectivity index (χ3n) is 5.66. The summed E-state index contributed by atoms with van der Waals surface area (Å²) in [4.78, 5) is 17.0. The van der Waals surface area contributed by atoms with Crippen LogP contribution in [-0.2, 0) is 7.05 Å². The van der Waals surface area contributed by atoms with Gasteiger partial charge in [-0.2, -0.15) is 0 Å². The number of para-hydroxylation sites is 1. The highest BCUT2D eigenvalue weighted by molar-refractivity contribution is 5.97.